The van der Waals surface area contributed by atoms with Gasteiger partial charge in [0, 0.05) is 29.3 Å². The molecular weight excluding hydrogens is 442 g/mol. The molecule has 2 heterocycles. The van der Waals surface area contributed by atoms with Gasteiger partial charge in [-0.2, -0.15) is 0 Å². The Morgan fingerprint density at radius 3 is 2.73 bits per heavy atom. The highest BCUT2D eigenvalue weighted by atomic mass is 16.7. The van der Waals surface area contributed by atoms with Gasteiger partial charge in [0.2, 0.25) is 0 Å². The fourth-order valence-electron chi connectivity index (χ4n) is 3.52. The highest BCUT2D eigenvalue weighted by Gasteiger charge is 2.47. The molecule has 0 amide bonds. The summed E-state index contributed by atoms with van der Waals surface area (Å²) < 4.78 is 16.6. The number of carbonyl (C=O) groups is 1. The van der Waals surface area contributed by atoms with Crippen LogP contribution in [0.4, 0.5) is 10.5 Å². The zero-order chi connectivity index (χ0) is 24.3. The summed E-state index contributed by atoms with van der Waals surface area (Å²) in [6, 6.07) is 6.02. The molecule has 2 aromatic rings. The Morgan fingerprint density at radius 2 is 2.06 bits per heavy atom. The number of aliphatic hydroxyl groups excluding tert-OH is 2. The van der Waals surface area contributed by atoms with Crippen LogP contribution in [0.25, 0.3) is 0 Å². The smallest absolute Gasteiger partial charge is 0.434 e. The normalized spacial score (nSPS) is 23.2. The molecule has 5 atom stereocenters. The van der Waals surface area contributed by atoms with E-state index in [9.17, 15) is 34.7 Å². The third-order valence-electron chi connectivity index (χ3n) is 5.26. The molecule has 33 heavy (non-hydrogen) atoms. The number of para-hydroxylation sites is 1. The molecule has 0 saturated carbocycles. The number of nitro groups is 1. The number of nitrogens with one attached hydrogen (secondary N) is 1. The molecule has 13 heteroatoms. The number of H-pyrrole nitrogens is 1. The largest absolute Gasteiger partial charge is 0.508 e. The van der Waals surface area contributed by atoms with E-state index in [0.29, 0.717) is 5.56 Å². The third-order valence-corrected chi connectivity index (χ3v) is 5.26. The Balaban J connectivity index is 1.68. The zero-order valence-electron chi connectivity index (χ0n) is 17.7. The molecule has 178 valence electrons. The number of aliphatic hydroxyl groups is 2. The Bertz CT molecular complexity index is 1140. The van der Waals surface area contributed by atoms with Gasteiger partial charge in [0.1, 0.15) is 18.8 Å². The molecule has 1 aromatic heterocycles. The average molecular weight is 465 g/mol. The number of hydrogen-bond acceptors (Lipinski definition) is 10. The van der Waals surface area contributed by atoms with Gasteiger partial charge in [-0.15, -0.1) is 0 Å². The molecule has 0 bridgehead atoms. The second-order valence-corrected chi connectivity index (χ2v) is 7.58. The van der Waals surface area contributed by atoms with E-state index in [4.69, 9.17) is 14.2 Å². The van der Waals surface area contributed by atoms with Crippen molar-refractivity contribution in [1.82, 2.24) is 9.55 Å². The van der Waals surface area contributed by atoms with Gasteiger partial charge >= 0.3 is 11.8 Å². The lowest BCUT2D eigenvalue weighted by molar-refractivity contribution is -0.385. The number of hydrogen-bond donors (Lipinski definition) is 3. The molecule has 1 aliphatic heterocycles. The van der Waals surface area contributed by atoms with Crippen molar-refractivity contribution in [3.63, 3.8) is 0 Å². The quantitative estimate of drug-likeness (QED) is 0.292. The number of nitro benzene ring substituents is 1. The number of nitrogens with zero attached hydrogens (tertiary/aromatic N) is 2. The zero-order valence-corrected chi connectivity index (χ0v) is 17.7. The highest BCUT2D eigenvalue weighted by Crippen LogP contribution is 2.31. The first kappa shape index (κ1) is 24.1. The number of aryl methyl sites for hydroxylation is 1. The summed E-state index contributed by atoms with van der Waals surface area (Å²) in [5.74, 6) is -0.534. The molecule has 0 radical (unpaired) electrons. The van der Waals surface area contributed by atoms with E-state index in [-0.39, 0.29) is 17.9 Å². The van der Waals surface area contributed by atoms with Gasteiger partial charge in [0.25, 0.3) is 11.2 Å². The lowest BCUT2D eigenvalue weighted by atomic mass is 10.0. The van der Waals surface area contributed by atoms with E-state index in [1.807, 2.05) is 0 Å². The summed E-state index contributed by atoms with van der Waals surface area (Å²) in [7, 11) is 0. The summed E-state index contributed by atoms with van der Waals surface area (Å²) in [6.07, 6.45) is -5.48. The van der Waals surface area contributed by atoms with E-state index >= 15 is 0 Å². The Labute approximate surface area is 186 Å². The number of ether oxygens (including phenoxy) is 3. The van der Waals surface area contributed by atoms with E-state index < -0.39 is 59.4 Å². The minimum Gasteiger partial charge on any atom is -0.434 e. The maximum absolute atomic E-state index is 12.2. The SMILES string of the molecule is Cc1cn([C@@H]2O[C@H](CO)C(OC(=O)OCC(C)c3ccccc3[N+](=O)[O-])C2O)c(=O)[nH]c1=O. The van der Waals surface area contributed by atoms with Crippen LogP contribution in [0.5, 0.6) is 0 Å². The Hall–Kier alpha value is -3.55. The van der Waals surface area contributed by atoms with E-state index in [2.05, 4.69) is 4.98 Å². The summed E-state index contributed by atoms with van der Waals surface area (Å²) in [4.78, 5) is 48.6. The maximum Gasteiger partial charge on any atom is 0.508 e. The summed E-state index contributed by atoms with van der Waals surface area (Å²) >= 11 is 0. The van der Waals surface area contributed by atoms with Crippen LogP contribution in [-0.2, 0) is 14.2 Å². The molecule has 3 unspecified atom stereocenters. The first-order chi connectivity index (χ1) is 15.6. The van der Waals surface area contributed by atoms with Crippen LogP contribution in [0, 0.1) is 17.0 Å². The van der Waals surface area contributed by atoms with Crippen molar-refractivity contribution in [3.8, 4) is 0 Å². The monoisotopic (exact) mass is 465 g/mol. The van der Waals surface area contributed by atoms with Crippen LogP contribution >= 0.6 is 0 Å². The molecular formula is C20H23N3O10. The predicted octanol–water partition coefficient (Wildman–Crippen LogP) is 0.329. The van der Waals surface area contributed by atoms with E-state index in [1.54, 1.807) is 19.1 Å². The van der Waals surface area contributed by atoms with Crippen LogP contribution in [0.1, 0.15) is 30.2 Å². The second kappa shape index (κ2) is 9.94. The number of aromatic amines is 1. The van der Waals surface area contributed by atoms with Crippen molar-refractivity contribution in [2.24, 2.45) is 0 Å². The lowest BCUT2D eigenvalue weighted by Crippen LogP contribution is -2.40. The van der Waals surface area contributed by atoms with Gasteiger partial charge in [-0.25, -0.2) is 9.59 Å². The van der Waals surface area contributed by atoms with Gasteiger partial charge in [-0.05, 0) is 6.92 Å². The maximum atomic E-state index is 12.2. The average Bonchev–Trinajstić information content (AvgIpc) is 3.09. The van der Waals surface area contributed by atoms with Crippen molar-refractivity contribution in [2.75, 3.05) is 13.2 Å². The molecule has 3 rings (SSSR count). The Kier molecular flexibility index (Phi) is 7.26. The highest BCUT2D eigenvalue weighted by molar-refractivity contribution is 5.60. The van der Waals surface area contributed by atoms with Crippen molar-refractivity contribution < 1.29 is 34.1 Å². The van der Waals surface area contributed by atoms with Crippen LogP contribution in [-0.4, -0.2) is 62.4 Å². The Morgan fingerprint density at radius 1 is 1.36 bits per heavy atom. The molecule has 0 spiro atoms. The predicted molar refractivity (Wildman–Crippen MR) is 111 cm³/mol. The summed E-state index contributed by atoms with van der Waals surface area (Å²) in [6.45, 7) is 2.18. The van der Waals surface area contributed by atoms with Gasteiger partial charge in [-0.1, -0.05) is 25.1 Å². The van der Waals surface area contributed by atoms with Crippen molar-refractivity contribution in [3.05, 3.63) is 72.5 Å². The number of benzene rings is 1. The van der Waals surface area contributed by atoms with Crippen molar-refractivity contribution >= 4 is 11.8 Å². The molecule has 1 fully saturated rings. The number of carbonyl (C=O) groups excluding carboxylic acids is 1. The molecule has 3 N–H and O–H groups in total. The number of aromatic nitrogens is 2. The van der Waals surface area contributed by atoms with Gasteiger partial charge in [0.15, 0.2) is 12.3 Å². The standard InChI is InChI=1S/C20H23N3O10/c1-10-7-22(19(27)21-17(10)26)18-15(25)16(14(8-24)32-18)33-20(28)31-9-11(2)12-5-3-4-6-13(12)23(29)30/h3-7,11,14-16,18,24-25H,8-9H2,1-2H3,(H,21,26,27)/t11?,14-,15?,16?,18-/m1/s1. The summed E-state index contributed by atoms with van der Waals surface area (Å²) in [5.41, 5.74) is -1.04. The number of rotatable bonds is 7. The second-order valence-electron chi connectivity index (χ2n) is 7.58. The third kappa shape index (κ3) is 5.10. The van der Waals surface area contributed by atoms with Gasteiger partial charge in [0.05, 0.1) is 11.5 Å². The van der Waals surface area contributed by atoms with Crippen LogP contribution in [0.3, 0.4) is 0 Å². The molecule has 0 aliphatic carbocycles. The minimum absolute atomic E-state index is 0.119. The van der Waals surface area contributed by atoms with Gasteiger partial charge in [-0.3, -0.25) is 24.5 Å². The molecule has 13 nitrogen and oxygen atoms in total. The van der Waals surface area contributed by atoms with Crippen LogP contribution < -0.4 is 11.2 Å². The lowest BCUT2D eigenvalue weighted by Gasteiger charge is -2.20. The fraction of sp³-hybridized carbons (Fsp3) is 0.450. The summed E-state index contributed by atoms with van der Waals surface area (Å²) in [5, 5.41) is 31.3. The van der Waals surface area contributed by atoms with Crippen molar-refractivity contribution in [2.45, 2.75) is 44.3 Å². The molecule has 1 aromatic carbocycles. The van der Waals surface area contributed by atoms with Gasteiger partial charge < -0.3 is 24.4 Å². The first-order valence-electron chi connectivity index (χ1n) is 9.97. The van der Waals surface area contributed by atoms with Crippen LogP contribution in [0.2, 0.25) is 0 Å². The van der Waals surface area contributed by atoms with Crippen molar-refractivity contribution in [1.29, 1.82) is 0 Å². The van der Waals surface area contributed by atoms with Crippen LogP contribution in [0.15, 0.2) is 40.1 Å². The topological polar surface area (TPSA) is 183 Å². The first-order valence-corrected chi connectivity index (χ1v) is 9.97. The van der Waals surface area contributed by atoms with E-state index in [1.165, 1.54) is 25.3 Å². The molecule has 1 saturated heterocycles. The van der Waals surface area contributed by atoms with E-state index in [0.717, 1.165) is 4.57 Å². The molecule has 1 aliphatic rings. The fourth-order valence-corrected chi connectivity index (χ4v) is 3.52. The minimum atomic E-state index is -1.56.